The molecule has 0 atom stereocenters. The van der Waals surface area contributed by atoms with Gasteiger partial charge in [-0.1, -0.05) is 23.2 Å². The quantitative estimate of drug-likeness (QED) is 0.621. The number of aryl methyl sites for hydroxylation is 1. The summed E-state index contributed by atoms with van der Waals surface area (Å²) < 4.78 is 20.5. The van der Waals surface area contributed by atoms with Crippen molar-refractivity contribution < 1.29 is 19.0 Å². The first-order valence-electron chi connectivity index (χ1n) is 8.71. The maximum Gasteiger partial charge on any atom is 0.307 e. The molecule has 2 N–H and O–H groups in total. The summed E-state index contributed by atoms with van der Waals surface area (Å²) in [5.74, 6) is -1.12. The lowest BCUT2D eigenvalue weighted by Gasteiger charge is -2.28. The first-order chi connectivity index (χ1) is 12.8. The fourth-order valence-corrected chi connectivity index (χ4v) is 3.64. The van der Waals surface area contributed by atoms with Crippen molar-refractivity contribution in [3.63, 3.8) is 0 Å². The van der Waals surface area contributed by atoms with Crippen LogP contribution >= 0.6 is 23.2 Å². The van der Waals surface area contributed by atoms with Crippen LogP contribution in [-0.2, 0) is 17.8 Å². The Morgan fingerprint density at radius 3 is 2.48 bits per heavy atom. The summed E-state index contributed by atoms with van der Waals surface area (Å²) in [5, 5.41) is 12.5. The van der Waals surface area contributed by atoms with Crippen molar-refractivity contribution in [2.75, 3.05) is 5.32 Å². The standard InChI is InChI=1S/C20H20Cl2FNO3/c1-11-5-13(19(23)17(6-11)24-14-3-2-4-14)10-27-20-15(21)7-12(8-16(20)22)9-18(25)26/h5-8,14,24H,2-4,9-10H2,1H3,(H,25,26). The number of aliphatic carboxylic acids is 1. The molecule has 0 amide bonds. The van der Waals surface area contributed by atoms with Gasteiger partial charge in [0.1, 0.15) is 6.61 Å². The monoisotopic (exact) mass is 411 g/mol. The Morgan fingerprint density at radius 2 is 1.93 bits per heavy atom. The molecule has 1 aliphatic rings. The Labute approximate surface area is 167 Å². The lowest BCUT2D eigenvalue weighted by molar-refractivity contribution is -0.136. The Bertz CT molecular complexity index is 846. The van der Waals surface area contributed by atoms with Gasteiger partial charge in [0.25, 0.3) is 0 Å². The van der Waals surface area contributed by atoms with Gasteiger partial charge in [-0.25, -0.2) is 4.39 Å². The van der Waals surface area contributed by atoms with Crippen molar-refractivity contribution in [3.8, 4) is 5.75 Å². The van der Waals surface area contributed by atoms with Crippen molar-refractivity contribution in [1.29, 1.82) is 0 Å². The van der Waals surface area contributed by atoms with E-state index in [0.29, 0.717) is 22.9 Å². The zero-order valence-corrected chi connectivity index (χ0v) is 16.3. The molecule has 144 valence electrons. The highest BCUT2D eigenvalue weighted by atomic mass is 35.5. The second kappa shape index (κ2) is 8.36. The molecule has 0 aromatic heterocycles. The number of benzene rings is 2. The van der Waals surface area contributed by atoms with E-state index in [0.717, 1.165) is 24.8 Å². The molecule has 0 radical (unpaired) electrons. The van der Waals surface area contributed by atoms with E-state index < -0.39 is 5.97 Å². The predicted molar refractivity (Wildman–Crippen MR) is 105 cm³/mol. The maximum atomic E-state index is 14.8. The third-order valence-electron chi connectivity index (χ3n) is 4.54. The van der Waals surface area contributed by atoms with Crippen LogP contribution in [0.3, 0.4) is 0 Å². The Hall–Kier alpha value is -1.98. The van der Waals surface area contributed by atoms with Crippen molar-refractivity contribution in [2.24, 2.45) is 0 Å². The molecule has 0 unspecified atom stereocenters. The van der Waals surface area contributed by atoms with Crippen LogP contribution in [-0.4, -0.2) is 17.1 Å². The minimum absolute atomic E-state index is 0.0371. The van der Waals surface area contributed by atoms with E-state index >= 15 is 0 Å². The van der Waals surface area contributed by atoms with Gasteiger partial charge in [-0.05, 0) is 61.6 Å². The van der Waals surface area contributed by atoms with Crippen LogP contribution in [0.4, 0.5) is 10.1 Å². The molecule has 7 heteroatoms. The molecule has 4 nitrogen and oxygen atoms in total. The molecule has 3 rings (SSSR count). The van der Waals surface area contributed by atoms with Gasteiger partial charge in [0.2, 0.25) is 0 Å². The minimum Gasteiger partial charge on any atom is -0.486 e. The van der Waals surface area contributed by atoms with Crippen LogP contribution in [0.1, 0.15) is 36.0 Å². The van der Waals surface area contributed by atoms with Crippen LogP contribution in [0, 0.1) is 12.7 Å². The van der Waals surface area contributed by atoms with E-state index in [1.165, 1.54) is 12.1 Å². The molecule has 0 aliphatic heterocycles. The van der Waals surface area contributed by atoms with E-state index in [4.69, 9.17) is 33.0 Å². The van der Waals surface area contributed by atoms with Crippen LogP contribution < -0.4 is 10.1 Å². The zero-order chi connectivity index (χ0) is 19.6. The molecule has 1 fully saturated rings. The fourth-order valence-electron chi connectivity index (χ4n) is 3.00. The van der Waals surface area contributed by atoms with Gasteiger partial charge >= 0.3 is 5.97 Å². The molecule has 1 aliphatic carbocycles. The molecular weight excluding hydrogens is 392 g/mol. The zero-order valence-electron chi connectivity index (χ0n) is 14.8. The number of ether oxygens (including phenoxy) is 1. The Kier molecular flexibility index (Phi) is 6.12. The maximum absolute atomic E-state index is 14.8. The molecule has 0 saturated heterocycles. The fraction of sp³-hybridized carbons (Fsp3) is 0.350. The lowest BCUT2D eigenvalue weighted by Crippen LogP contribution is -2.27. The molecule has 2 aromatic carbocycles. The summed E-state index contributed by atoms with van der Waals surface area (Å²) in [6, 6.07) is 6.82. The lowest BCUT2D eigenvalue weighted by atomic mass is 9.92. The number of anilines is 1. The molecule has 27 heavy (non-hydrogen) atoms. The molecule has 1 saturated carbocycles. The van der Waals surface area contributed by atoms with Gasteiger partial charge in [-0.3, -0.25) is 4.79 Å². The summed E-state index contributed by atoms with van der Waals surface area (Å²) in [6.45, 7) is 1.86. The summed E-state index contributed by atoms with van der Waals surface area (Å²) in [6.07, 6.45) is 3.07. The summed E-state index contributed by atoms with van der Waals surface area (Å²) in [7, 11) is 0. The summed E-state index contributed by atoms with van der Waals surface area (Å²) in [5.41, 5.74) is 2.27. The molecule has 0 bridgehead atoms. The summed E-state index contributed by atoms with van der Waals surface area (Å²) >= 11 is 12.3. The molecule has 2 aromatic rings. The average Bonchev–Trinajstić information content (AvgIpc) is 2.53. The number of carboxylic acid groups (broad SMARTS) is 1. The normalized spacial score (nSPS) is 13.9. The number of halogens is 3. The number of rotatable bonds is 7. The highest BCUT2D eigenvalue weighted by Crippen LogP contribution is 2.35. The highest BCUT2D eigenvalue weighted by molar-refractivity contribution is 6.37. The van der Waals surface area contributed by atoms with Crippen molar-refractivity contribution in [2.45, 2.75) is 45.3 Å². The number of nitrogens with one attached hydrogen (secondary N) is 1. The number of hydrogen-bond donors (Lipinski definition) is 2. The first-order valence-corrected chi connectivity index (χ1v) is 9.47. The summed E-state index contributed by atoms with van der Waals surface area (Å²) in [4.78, 5) is 10.8. The predicted octanol–water partition coefficient (Wildman–Crippen LogP) is 5.61. The van der Waals surface area contributed by atoms with Gasteiger partial charge in [0.15, 0.2) is 11.6 Å². The van der Waals surface area contributed by atoms with Crippen molar-refractivity contribution in [1.82, 2.24) is 0 Å². The van der Waals surface area contributed by atoms with Gasteiger partial charge in [-0.2, -0.15) is 0 Å². The Morgan fingerprint density at radius 1 is 1.26 bits per heavy atom. The Balaban J connectivity index is 1.77. The van der Waals surface area contributed by atoms with Gasteiger partial charge in [0, 0.05) is 11.6 Å². The van der Waals surface area contributed by atoms with Gasteiger partial charge in [-0.15, -0.1) is 0 Å². The van der Waals surface area contributed by atoms with Crippen LogP contribution in [0.5, 0.6) is 5.75 Å². The van der Waals surface area contributed by atoms with Crippen molar-refractivity contribution >= 4 is 34.9 Å². The topological polar surface area (TPSA) is 58.6 Å². The highest BCUT2D eigenvalue weighted by Gasteiger charge is 2.20. The number of carbonyl (C=O) groups is 1. The molecule has 0 spiro atoms. The van der Waals surface area contributed by atoms with E-state index in [1.54, 1.807) is 12.1 Å². The van der Waals surface area contributed by atoms with E-state index in [2.05, 4.69) is 5.32 Å². The average molecular weight is 412 g/mol. The minimum atomic E-state index is -0.982. The third kappa shape index (κ3) is 4.85. The molecular formula is C20H20Cl2FNO3. The second-order valence-electron chi connectivity index (χ2n) is 6.81. The van der Waals surface area contributed by atoms with Crippen LogP contribution in [0.25, 0.3) is 0 Å². The van der Waals surface area contributed by atoms with Gasteiger partial charge in [0.05, 0.1) is 22.2 Å². The third-order valence-corrected chi connectivity index (χ3v) is 5.10. The largest absolute Gasteiger partial charge is 0.486 e. The van der Waals surface area contributed by atoms with E-state index in [-0.39, 0.29) is 34.6 Å². The van der Waals surface area contributed by atoms with Crippen LogP contribution in [0.15, 0.2) is 24.3 Å². The van der Waals surface area contributed by atoms with Crippen LogP contribution in [0.2, 0.25) is 10.0 Å². The smallest absolute Gasteiger partial charge is 0.307 e. The van der Waals surface area contributed by atoms with E-state index in [9.17, 15) is 9.18 Å². The molecule has 0 heterocycles. The van der Waals surface area contributed by atoms with Gasteiger partial charge < -0.3 is 15.2 Å². The van der Waals surface area contributed by atoms with Crippen molar-refractivity contribution in [3.05, 3.63) is 56.8 Å². The van der Waals surface area contributed by atoms with E-state index in [1.807, 2.05) is 6.92 Å². The first kappa shape index (κ1) is 19.8. The second-order valence-corrected chi connectivity index (χ2v) is 7.62. The SMILES string of the molecule is Cc1cc(COc2c(Cl)cc(CC(=O)O)cc2Cl)c(F)c(NC2CCC2)c1. The number of carboxylic acids is 1. The number of hydrogen-bond acceptors (Lipinski definition) is 3.